The number of fused-ring (bicyclic) bond motifs is 3. The largest absolute Gasteiger partial charge is 0.344 e. The molecule has 148 valence electrons. The van der Waals surface area contributed by atoms with Crippen molar-refractivity contribution in [2.45, 2.75) is 24.0 Å². The van der Waals surface area contributed by atoms with Crippen LogP contribution in [-0.4, -0.2) is 40.7 Å². The third kappa shape index (κ3) is 4.18. The predicted molar refractivity (Wildman–Crippen MR) is 117 cm³/mol. The molecule has 3 aromatic rings. The third-order valence-electron chi connectivity index (χ3n) is 4.43. The molecule has 0 atom stereocenters. The maximum atomic E-state index is 12.4. The molecular weight excluding hydrogens is 404 g/mol. The van der Waals surface area contributed by atoms with Gasteiger partial charge in [-0.15, -0.1) is 23.1 Å². The molecule has 8 heteroatoms. The fraction of sp³-hybridized carbons (Fsp3) is 0.238. The summed E-state index contributed by atoms with van der Waals surface area (Å²) in [6.07, 6.45) is 2.22. The molecule has 4 rings (SSSR count). The zero-order chi connectivity index (χ0) is 20.5. The van der Waals surface area contributed by atoms with Gasteiger partial charge in [0.1, 0.15) is 5.78 Å². The molecular formula is C21H20N4O2S2. The molecule has 6 nitrogen and oxygen atoms in total. The average Bonchev–Trinajstić information content (AvgIpc) is 3.12. The van der Waals surface area contributed by atoms with Crippen LogP contribution in [0.3, 0.4) is 0 Å². The van der Waals surface area contributed by atoms with Crippen molar-refractivity contribution in [3.05, 3.63) is 51.8 Å². The minimum absolute atomic E-state index is 0.00522. The summed E-state index contributed by atoms with van der Waals surface area (Å²) >= 11 is 3.21. The summed E-state index contributed by atoms with van der Waals surface area (Å²) in [7, 11) is 3.52. The molecule has 1 amide bonds. The van der Waals surface area contributed by atoms with Crippen molar-refractivity contribution in [3.63, 3.8) is 0 Å². The lowest BCUT2D eigenvalue weighted by atomic mass is 10.1. The van der Waals surface area contributed by atoms with Gasteiger partial charge in [-0.3, -0.25) is 9.59 Å². The maximum Gasteiger partial charge on any atom is 0.263 e. The van der Waals surface area contributed by atoms with E-state index in [4.69, 9.17) is 4.98 Å². The Bertz CT molecular complexity index is 1110. The van der Waals surface area contributed by atoms with Gasteiger partial charge in [0.15, 0.2) is 0 Å². The van der Waals surface area contributed by atoms with Crippen LogP contribution in [0.25, 0.3) is 11.3 Å². The van der Waals surface area contributed by atoms with Gasteiger partial charge in [0.25, 0.3) is 5.91 Å². The van der Waals surface area contributed by atoms with Crippen LogP contribution < -0.4 is 5.32 Å². The molecule has 1 aliphatic rings. The molecule has 0 spiro atoms. The second-order valence-electron chi connectivity index (χ2n) is 7.05. The number of Topliss-reactive ketones (excluding diaryl/α,β-unsaturated/α-hetero) is 1. The van der Waals surface area contributed by atoms with Crippen molar-refractivity contribution in [2.75, 3.05) is 19.4 Å². The van der Waals surface area contributed by atoms with E-state index in [1.54, 1.807) is 37.7 Å². The molecule has 0 radical (unpaired) electrons. The maximum absolute atomic E-state index is 12.4. The third-order valence-corrected chi connectivity index (χ3v) is 6.78. The van der Waals surface area contributed by atoms with Crippen molar-refractivity contribution in [3.8, 4) is 11.3 Å². The van der Waals surface area contributed by atoms with Gasteiger partial charge in [-0.05, 0) is 30.7 Å². The Morgan fingerprint density at radius 1 is 1.24 bits per heavy atom. The summed E-state index contributed by atoms with van der Waals surface area (Å²) < 4.78 is 0. The van der Waals surface area contributed by atoms with E-state index in [-0.39, 0.29) is 11.7 Å². The van der Waals surface area contributed by atoms with Gasteiger partial charge >= 0.3 is 0 Å². The first-order valence-electron chi connectivity index (χ1n) is 9.10. The van der Waals surface area contributed by atoms with Crippen LogP contribution in [-0.2, 0) is 17.0 Å². The zero-order valence-corrected chi connectivity index (χ0v) is 18.0. The summed E-state index contributed by atoms with van der Waals surface area (Å²) in [5.74, 6) is 1.43. The number of benzene rings is 1. The molecule has 0 bridgehead atoms. The normalized spacial score (nSPS) is 12.1. The molecule has 0 aliphatic carbocycles. The van der Waals surface area contributed by atoms with Crippen LogP contribution in [0.5, 0.6) is 0 Å². The van der Waals surface area contributed by atoms with Gasteiger partial charge in [0, 0.05) is 48.6 Å². The number of nitrogens with one attached hydrogen (secondary N) is 1. The lowest BCUT2D eigenvalue weighted by Gasteiger charge is -2.15. The van der Waals surface area contributed by atoms with E-state index in [0.29, 0.717) is 12.4 Å². The molecule has 0 saturated carbocycles. The molecule has 0 saturated heterocycles. The Hall–Kier alpha value is -2.71. The minimum Gasteiger partial charge on any atom is -0.344 e. The molecule has 0 fully saturated rings. The highest BCUT2D eigenvalue weighted by Gasteiger charge is 2.24. The number of carbonyl (C=O) groups is 2. The Labute approximate surface area is 177 Å². The fourth-order valence-electron chi connectivity index (χ4n) is 3.11. The zero-order valence-electron chi connectivity index (χ0n) is 16.4. The lowest BCUT2D eigenvalue weighted by molar-refractivity contribution is -0.116. The standard InChI is InChI=1S/C21H20N4O2S2/c1-12(26)7-13-5-4-6-14(8-13)23-21-22-10-17-19(24-21)15-9-16(20(27)25(2)3)29-18(15)11-28-17/h4-6,8-10H,7,11H2,1-3H3,(H,22,23,24). The SMILES string of the molecule is CC(=O)Cc1cccc(Nc2ncc3c(n2)-c2cc(C(=O)N(C)C)sc2CS3)c1. The Balaban J connectivity index is 1.64. The minimum atomic E-state index is 0.00522. The number of thioether (sulfide) groups is 1. The highest BCUT2D eigenvalue weighted by Crippen LogP contribution is 2.44. The first kappa shape index (κ1) is 19.6. The smallest absolute Gasteiger partial charge is 0.263 e. The van der Waals surface area contributed by atoms with E-state index in [1.165, 1.54) is 11.3 Å². The Morgan fingerprint density at radius 3 is 2.83 bits per heavy atom. The predicted octanol–water partition coefficient (Wildman–Crippen LogP) is 4.39. The van der Waals surface area contributed by atoms with E-state index < -0.39 is 0 Å². The van der Waals surface area contributed by atoms with Gasteiger partial charge < -0.3 is 10.2 Å². The molecule has 0 unspecified atom stereocenters. The second kappa shape index (κ2) is 7.96. The number of hydrogen-bond donors (Lipinski definition) is 1. The summed E-state index contributed by atoms with van der Waals surface area (Å²) in [5, 5.41) is 3.23. The van der Waals surface area contributed by atoms with Crippen molar-refractivity contribution in [1.29, 1.82) is 0 Å². The van der Waals surface area contributed by atoms with Gasteiger partial charge in [0.2, 0.25) is 5.95 Å². The van der Waals surface area contributed by atoms with E-state index in [2.05, 4.69) is 10.3 Å². The topological polar surface area (TPSA) is 75.2 Å². The highest BCUT2D eigenvalue weighted by atomic mass is 32.2. The number of hydrogen-bond acceptors (Lipinski definition) is 7. The molecule has 2 aromatic heterocycles. The van der Waals surface area contributed by atoms with Crippen molar-refractivity contribution < 1.29 is 9.59 Å². The number of nitrogens with zero attached hydrogens (tertiary/aromatic N) is 3. The Kier molecular flexibility index (Phi) is 5.38. The van der Waals surface area contributed by atoms with Gasteiger partial charge in [-0.1, -0.05) is 12.1 Å². The van der Waals surface area contributed by atoms with Gasteiger partial charge in [-0.2, -0.15) is 0 Å². The van der Waals surface area contributed by atoms with Gasteiger partial charge in [-0.25, -0.2) is 9.97 Å². The van der Waals surface area contributed by atoms with E-state index in [0.717, 1.165) is 42.9 Å². The van der Waals surface area contributed by atoms with Gasteiger partial charge in [0.05, 0.1) is 15.5 Å². The number of anilines is 2. The van der Waals surface area contributed by atoms with E-state index >= 15 is 0 Å². The number of ketones is 1. The first-order valence-corrected chi connectivity index (χ1v) is 10.9. The van der Waals surface area contributed by atoms with Crippen LogP contribution in [0.2, 0.25) is 0 Å². The number of aromatic nitrogens is 2. The molecule has 3 heterocycles. The van der Waals surface area contributed by atoms with Crippen LogP contribution in [0.15, 0.2) is 41.4 Å². The summed E-state index contributed by atoms with van der Waals surface area (Å²) in [6, 6.07) is 9.63. The van der Waals surface area contributed by atoms with Crippen LogP contribution >= 0.6 is 23.1 Å². The number of amides is 1. The lowest BCUT2D eigenvalue weighted by Crippen LogP contribution is -2.20. The summed E-state index contributed by atoms with van der Waals surface area (Å²) in [4.78, 5) is 37.4. The van der Waals surface area contributed by atoms with E-state index in [9.17, 15) is 9.59 Å². The number of rotatable bonds is 5. The number of carbonyl (C=O) groups excluding carboxylic acids is 2. The van der Waals surface area contributed by atoms with Crippen molar-refractivity contribution in [1.82, 2.24) is 14.9 Å². The van der Waals surface area contributed by atoms with Crippen molar-refractivity contribution in [2.24, 2.45) is 0 Å². The molecule has 29 heavy (non-hydrogen) atoms. The van der Waals surface area contributed by atoms with E-state index in [1.807, 2.05) is 36.5 Å². The van der Waals surface area contributed by atoms with Crippen molar-refractivity contribution >= 4 is 46.4 Å². The number of thiophene rings is 1. The van der Waals surface area contributed by atoms with Crippen LogP contribution in [0, 0.1) is 0 Å². The fourth-order valence-corrected chi connectivity index (χ4v) is 5.36. The monoisotopic (exact) mass is 424 g/mol. The highest BCUT2D eigenvalue weighted by molar-refractivity contribution is 7.98. The molecule has 1 N–H and O–H groups in total. The molecule has 1 aromatic carbocycles. The van der Waals surface area contributed by atoms with Crippen LogP contribution in [0.1, 0.15) is 27.0 Å². The second-order valence-corrected chi connectivity index (χ2v) is 9.20. The Morgan fingerprint density at radius 2 is 2.07 bits per heavy atom. The first-order chi connectivity index (χ1) is 13.9. The average molecular weight is 425 g/mol. The molecule has 1 aliphatic heterocycles. The quantitative estimate of drug-likeness (QED) is 0.655. The summed E-state index contributed by atoms with van der Waals surface area (Å²) in [6.45, 7) is 1.58. The van der Waals surface area contributed by atoms with Crippen LogP contribution in [0.4, 0.5) is 11.6 Å². The summed E-state index contributed by atoms with van der Waals surface area (Å²) in [5.41, 5.74) is 3.64.